The Balaban J connectivity index is 0.000000766. The fraction of sp³-hybridized carbons (Fsp3) is 0. The molecular formula is C40H24Cl2Co3N4O12. The molecule has 4 N–H and O–H groups in total. The number of hydrogen-bond acceptors (Lipinski definition) is 16. The zero-order valence-corrected chi connectivity index (χ0v) is 34.8. The van der Waals surface area contributed by atoms with Crippen LogP contribution < -0.4 is 45.2 Å². The summed E-state index contributed by atoms with van der Waals surface area (Å²) < 4.78 is 0. The molecule has 16 nitrogen and oxygen atoms in total. The molecule has 4 aromatic carbocycles. The van der Waals surface area contributed by atoms with Crippen LogP contribution in [0.5, 0.6) is 23.0 Å². The average molecular weight is 1000 g/mol. The molecule has 317 valence electrons. The van der Waals surface area contributed by atoms with Gasteiger partial charge < -0.3 is 84.8 Å². The number of phenols is 4. The Morgan fingerprint density at radius 1 is 0.328 bits per heavy atom. The molecule has 0 bridgehead atoms. The van der Waals surface area contributed by atoms with Gasteiger partial charge in [-0.25, -0.2) is 19.9 Å². The summed E-state index contributed by atoms with van der Waals surface area (Å²) >= 11 is 0. The first-order valence-corrected chi connectivity index (χ1v) is 15.9. The van der Waals surface area contributed by atoms with E-state index < -0.39 is 23.9 Å². The van der Waals surface area contributed by atoms with E-state index in [1.54, 1.807) is 72.8 Å². The third kappa shape index (κ3) is 13.9. The van der Waals surface area contributed by atoms with Crippen LogP contribution in [0.1, 0.15) is 42.0 Å². The van der Waals surface area contributed by atoms with E-state index >= 15 is 0 Å². The van der Waals surface area contributed by atoms with Gasteiger partial charge in [-0.1, -0.05) is 72.8 Å². The molecule has 0 saturated heterocycles. The molecule has 8 rings (SSSR count). The fourth-order valence-electron chi connectivity index (χ4n) is 4.98. The number of aromatic hydroxyl groups is 4. The molecule has 61 heavy (non-hydrogen) atoms. The van der Waals surface area contributed by atoms with E-state index in [1.807, 2.05) is 0 Å². The summed E-state index contributed by atoms with van der Waals surface area (Å²) in [5.74, 6) is -5.55. The molecule has 0 unspecified atom stereocenters. The standard InChI is InChI=1S/4C10H7NO3.2ClH.3Co/c4*12-8-3-1-2-6-4-5-7(10(13)14)11-9(6)8;;;;;/h4*1-5,12H,(H,13,14);2*1H;;;/q;;;;;;3*+2/p-6. The van der Waals surface area contributed by atoms with E-state index in [0.717, 1.165) is 0 Å². The smallest absolute Gasteiger partial charge is 1.00 e. The molecule has 0 aliphatic heterocycles. The zero-order valence-electron chi connectivity index (χ0n) is 30.1. The summed E-state index contributed by atoms with van der Waals surface area (Å²) in [7, 11) is 0. The third-order valence-corrected chi connectivity index (χ3v) is 7.63. The number of nitrogens with zero attached hydrogens (tertiary/aromatic N) is 4. The van der Waals surface area contributed by atoms with E-state index in [4.69, 9.17) is 0 Å². The second-order valence-corrected chi connectivity index (χ2v) is 11.3. The van der Waals surface area contributed by atoms with Gasteiger partial charge in [-0.05, 0) is 48.5 Å². The first-order valence-electron chi connectivity index (χ1n) is 15.9. The Hall–Kier alpha value is -6.30. The van der Waals surface area contributed by atoms with Crippen LogP contribution in [0.3, 0.4) is 0 Å². The molecule has 0 fully saturated rings. The molecule has 0 aliphatic carbocycles. The van der Waals surface area contributed by atoms with Crippen molar-refractivity contribution in [2.75, 3.05) is 0 Å². The van der Waals surface area contributed by atoms with Crippen molar-refractivity contribution in [3.8, 4) is 23.0 Å². The van der Waals surface area contributed by atoms with E-state index in [2.05, 4.69) is 19.9 Å². The van der Waals surface area contributed by atoms with Crippen molar-refractivity contribution < 1.29 is 135 Å². The summed E-state index contributed by atoms with van der Waals surface area (Å²) in [6.07, 6.45) is 0. The number of pyridine rings is 4. The largest absolute Gasteiger partial charge is 2.00 e. The van der Waals surface area contributed by atoms with Gasteiger partial charge >= 0.3 is 50.3 Å². The summed E-state index contributed by atoms with van der Waals surface area (Å²) in [6, 6.07) is 31.1. The minimum Gasteiger partial charge on any atom is -1.00 e. The zero-order chi connectivity index (χ0) is 40.5. The number of hydrogen-bond donors (Lipinski definition) is 4. The van der Waals surface area contributed by atoms with Crippen LogP contribution in [0.25, 0.3) is 43.6 Å². The van der Waals surface area contributed by atoms with Gasteiger partial charge in [0.25, 0.3) is 0 Å². The first-order chi connectivity index (χ1) is 26.7. The maximum atomic E-state index is 10.5. The van der Waals surface area contributed by atoms with Gasteiger partial charge in [0.1, 0.15) is 45.1 Å². The molecule has 0 aliphatic rings. The van der Waals surface area contributed by atoms with E-state index in [0.29, 0.717) is 21.5 Å². The monoisotopic (exact) mass is 999 g/mol. The number of para-hydroxylation sites is 4. The van der Waals surface area contributed by atoms with E-state index in [1.165, 1.54) is 48.5 Å². The minimum absolute atomic E-state index is 0. The molecule has 0 amide bonds. The quantitative estimate of drug-likeness (QED) is 0.129. The number of fused-ring (bicyclic) bond motifs is 4. The van der Waals surface area contributed by atoms with Gasteiger partial charge in [-0.2, -0.15) is 0 Å². The van der Waals surface area contributed by atoms with Crippen LogP contribution in [0.2, 0.25) is 0 Å². The van der Waals surface area contributed by atoms with E-state index in [9.17, 15) is 60.0 Å². The van der Waals surface area contributed by atoms with Crippen molar-refractivity contribution in [3.05, 3.63) is 144 Å². The number of carboxylic acids is 4. The Morgan fingerprint density at radius 2 is 0.508 bits per heavy atom. The minimum atomic E-state index is -1.35. The third-order valence-electron chi connectivity index (χ3n) is 7.63. The maximum absolute atomic E-state index is 10.5. The van der Waals surface area contributed by atoms with Gasteiger partial charge in [-0.15, -0.1) is 0 Å². The number of aromatic carboxylic acids is 4. The van der Waals surface area contributed by atoms with Gasteiger partial charge in [0, 0.05) is 21.5 Å². The number of benzene rings is 4. The maximum Gasteiger partial charge on any atom is 2.00 e. The number of phenolic OH excluding ortho intramolecular Hbond substituents is 4. The predicted molar refractivity (Wildman–Crippen MR) is 191 cm³/mol. The number of carbonyl (C=O) groups excluding carboxylic acids is 4. The van der Waals surface area contributed by atoms with Gasteiger partial charge in [0.2, 0.25) is 0 Å². The van der Waals surface area contributed by atoms with Crippen LogP contribution in [0.4, 0.5) is 0 Å². The molecule has 0 spiro atoms. The van der Waals surface area contributed by atoms with Crippen molar-refractivity contribution in [2.24, 2.45) is 0 Å². The number of aromatic nitrogens is 4. The predicted octanol–water partition coefficient (Wildman–Crippen LogP) is -4.78. The second-order valence-electron chi connectivity index (χ2n) is 11.3. The molecular weight excluding hydrogens is 976 g/mol. The first kappa shape index (κ1) is 54.7. The Kier molecular flexibility index (Phi) is 22.2. The summed E-state index contributed by atoms with van der Waals surface area (Å²) in [5, 5.41) is 82.4. The van der Waals surface area contributed by atoms with Gasteiger partial charge in [0.05, 0.1) is 46.7 Å². The molecule has 0 atom stereocenters. The average Bonchev–Trinajstić information content (AvgIpc) is 3.19. The molecule has 0 saturated carbocycles. The van der Waals surface area contributed by atoms with Gasteiger partial charge in [-0.3, -0.25) is 0 Å². The van der Waals surface area contributed by atoms with Crippen molar-refractivity contribution >= 4 is 67.5 Å². The Labute approximate surface area is 387 Å². The van der Waals surface area contributed by atoms with Crippen molar-refractivity contribution in [1.82, 2.24) is 19.9 Å². The van der Waals surface area contributed by atoms with Crippen molar-refractivity contribution in [1.29, 1.82) is 0 Å². The van der Waals surface area contributed by atoms with Crippen LogP contribution in [0.15, 0.2) is 121 Å². The fourth-order valence-corrected chi connectivity index (χ4v) is 4.98. The Bertz CT molecular complexity index is 2440. The number of carbonyl (C=O) groups is 4. The molecule has 4 aromatic heterocycles. The van der Waals surface area contributed by atoms with Crippen LogP contribution in [-0.2, 0) is 50.3 Å². The number of rotatable bonds is 4. The van der Waals surface area contributed by atoms with Crippen molar-refractivity contribution in [3.63, 3.8) is 0 Å². The van der Waals surface area contributed by atoms with E-state index in [-0.39, 0.29) is 143 Å². The van der Waals surface area contributed by atoms with Crippen LogP contribution in [0, 0.1) is 0 Å². The summed E-state index contributed by atoms with van der Waals surface area (Å²) in [4.78, 5) is 57.1. The molecule has 21 heteroatoms. The van der Waals surface area contributed by atoms with Crippen molar-refractivity contribution in [2.45, 2.75) is 0 Å². The molecule has 3 radical (unpaired) electrons. The summed E-state index contributed by atoms with van der Waals surface area (Å²) in [6.45, 7) is 0. The molecule has 4 heterocycles. The van der Waals surface area contributed by atoms with Gasteiger partial charge in [0.15, 0.2) is 0 Å². The number of carboxylic acid groups (broad SMARTS) is 4. The molecule has 8 aromatic rings. The SMILES string of the molecule is O=C([O-])c1ccc2cccc(O)c2n1.O=C([O-])c1ccc2cccc(O)c2n1.O=C([O-])c1ccc2cccc(O)c2n1.O=C([O-])c1ccc2cccc(O)c2n1.[Cl-].[Cl-].[Co+2].[Co+2].[Co+2]. The number of halogens is 2. The normalized spacial score (nSPS) is 9.44. The second kappa shape index (κ2) is 24.7. The topological polar surface area (TPSA) is 293 Å². The Morgan fingerprint density at radius 3 is 0.672 bits per heavy atom. The summed E-state index contributed by atoms with van der Waals surface area (Å²) in [5.41, 5.74) is 0.364. The van der Waals surface area contributed by atoms with Crippen LogP contribution in [-0.4, -0.2) is 64.2 Å². The van der Waals surface area contributed by atoms with Crippen LogP contribution >= 0.6 is 0 Å².